The molecule has 0 spiro atoms. The van der Waals surface area contributed by atoms with Crippen LogP contribution in [0, 0.1) is 0 Å². The largest absolute Gasteiger partial charge is 0.308 e. The first-order valence-electron chi connectivity index (χ1n) is 29.8. The van der Waals surface area contributed by atoms with Crippen LogP contribution in [0.5, 0.6) is 0 Å². The van der Waals surface area contributed by atoms with Crippen molar-refractivity contribution in [3.63, 3.8) is 0 Å². The maximum atomic E-state index is 2.56. The van der Waals surface area contributed by atoms with E-state index in [-0.39, 0.29) is 0 Å². The Bertz CT molecular complexity index is 5780. The molecule has 0 aliphatic rings. The highest BCUT2D eigenvalue weighted by Gasteiger charge is 2.24. The molecule has 4 aromatic heterocycles. The highest BCUT2D eigenvalue weighted by molar-refractivity contribution is 6.29. The van der Waals surface area contributed by atoms with E-state index in [9.17, 15) is 0 Å². The third kappa shape index (κ3) is 6.98. The average Bonchev–Trinajstić information content (AvgIpc) is 1.60. The van der Waals surface area contributed by atoms with Gasteiger partial charge in [0.15, 0.2) is 0 Å². The number of hydrogen-bond donors (Lipinski definition) is 0. The summed E-state index contributed by atoms with van der Waals surface area (Å²) in [6.45, 7) is 9.26. The Kier molecular flexibility index (Phi) is 9.93. The molecule has 0 N–H and O–H groups in total. The van der Waals surface area contributed by atoms with Gasteiger partial charge in [-0.25, -0.2) is 0 Å². The van der Waals surface area contributed by atoms with E-state index in [2.05, 4.69) is 291 Å². The first kappa shape index (κ1) is 47.4. The van der Waals surface area contributed by atoms with Crippen molar-refractivity contribution in [2.75, 3.05) is 0 Å². The lowest BCUT2D eigenvalue weighted by molar-refractivity contribution is 0.867. The average molecular weight is 1070 g/mol. The summed E-state index contributed by atoms with van der Waals surface area (Å²) in [7, 11) is 0. The zero-order chi connectivity index (χ0) is 55.6. The molecule has 0 aliphatic carbocycles. The summed E-state index contributed by atoms with van der Waals surface area (Å²) in [6, 6.07) is 97.2. The van der Waals surface area contributed by atoms with Crippen molar-refractivity contribution in [3.8, 4) is 55.6 Å². The highest BCUT2D eigenvalue weighted by atomic mass is 14.9. The van der Waals surface area contributed by atoms with Gasteiger partial charge in [0.1, 0.15) is 0 Å². The molecular formula is C82H56N2. The summed E-state index contributed by atoms with van der Waals surface area (Å²) in [5.74, 6) is 0.739. The molecule has 18 rings (SSSR count). The molecule has 0 saturated heterocycles. The van der Waals surface area contributed by atoms with E-state index in [1.54, 1.807) is 0 Å². The van der Waals surface area contributed by atoms with Crippen molar-refractivity contribution in [2.24, 2.45) is 0 Å². The van der Waals surface area contributed by atoms with E-state index in [1.165, 1.54) is 186 Å². The lowest BCUT2D eigenvalue weighted by atomic mass is 9.88. The van der Waals surface area contributed by atoms with Gasteiger partial charge in [0.2, 0.25) is 0 Å². The quantitative estimate of drug-likeness (QED) is 0.150. The normalized spacial score (nSPS) is 12.5. The minimum absolute atomic E-state index is 0.354. The molecular weight excluding hydrogens is 1010 g/mol. The van der Waals surface area contributed by atoms with Crippen LogP contribution in [0.15, 0.2) is 255 Å². The van der Waals surface area contributed by atoms with Crippen LogP contribution < -0.4 is 0 Å². The summed E-state index contributed by atoms with van der Waals surface area (Å²) in [5.41, 5.74) is 22.7. The van der Waals surface area contributed by atoms with Gasteiger partial charge in [0.05, 0.1) is 33.1 Å². The molecule has 2 nitrogen and oxygen atoms in total. The van der Waals surface area contributed by atoms with Gasteiger partial charge in [0, 0.05) is 43.1 Å². The van der Waals surface area contributed by atoms with Crippen LogP contribution in [0.4, 0.5) is 0 Å². The summed E-state index contributed by atoms with van der Waals surface area (Å²) in [5, 5.41) is 20.3. The fourth-order valence-corrected chi connectivity index (χ4v) is 14.7. The minimum Gasteiger partial charge on any atom is -0.308 e. The lowest BCUT2D eigenvalue weighted by Gasteiger charge is -2.16. The smallest absolute Gasteiger partial charge is 0.0620 e. The van der Waals surface area contributed by atoms with E-state index < -0.39 is 0 Å². The maximum Gasteiger partial charge on any atom is 0.0620 e. The van der Waals surface area contributed by atoms with Gasteiger partial charge in [-0.2, -0.15) is 0 Å². The fraction of sp³-hybridized carbons (Fsp3) is 0.0732. The van der Waals surface area contributed by atoms with Crippen molar-refractivity contribution in [1.29, 1.82) is 0 Å². The van der Waals surface area contributed by atoms with Crippen LogP contribution >= 0.6 is 0 Å². The minimum atomic E-state index is 0.354. The molecule has 2 heteroatoms. The van der Waals surface area contributed by atoms with Crippen molar-refractivity contribution in [3.05, 3.63) is 266 Å². The summed E-state index contributed by atoms with van der Waals surface area (Å²) in [6.07, 6.45) is 0. The zero-order valence-corrected chi connectivity index (χ0v) is 47.3. The van der Waals surface area contributed by atoms with E-state index in [0.29, 0.717) is 11.8 Å². The molecule has 0 radical (unpaired) electrons. The maximum absolute atomic E-state index is 2.56. The number of benzene rings is 14. The SMILES string of the molecule is CC(C)c1cc(-c2ccccc2)cc(-c2cc3c4cc5ccccc5cc4n4c5cc6ccc(-c7ccc8cc9c(cc8c7)c7cc(-c8cc(-c%10ccccc%10)ccc8C(C)C)cc8c%10cc%11ccccc%11cc%10n9c87)cc6cc5c(c2)c34)c1. The first-order chi connectivity index (χ1) is 41.2. The second-order valence-electron chi connectivity index (χ2n) is 24.5. The van der Waals surface area contributed by atoms with Gasteiger partial charge >= 0.3 is 0 Å². The standard InChI is InChI=1S/C82H56N2/c1-47(2)60-31-61(50-17-9-6-10-18-50)33-62(32-60)65-39-73-69-35-51-19-11-13-21-53(51)43-77(69)83-79-45-58-25-23-55(29-63(58)37-71(79)74(40-65)81(73)83)56-24-26-59-46-80-72(38-64(59)30-56)76-42-66(68-34-57(27-28-67(68)48(3)4)49-15-7-5-8-16-49)41-75-70-36-52-20-12-14-22-54(52)44-78(70)84(80)82(75)76/h5-48H,1-4H3. The van der Waals surface area contributed by atoms with Gasteiger partial charge in [-0.3, -0.25) is 0 Å². The monoisotopic (exact) mass is 1070 g/mol. The third-order valence-electron chi connectivity index (χ3n) is 18.9. The second kappa shape index (κ2) is 17.6. The van der Waals surface area contributed by atoms with Gasteiger partial charge < -0.3 is 8.80 Å². The van der Waals surface area contributed by atoms with Crippen molar-refractivity contribution in [2.45, 2.75) is 39.5 Å². The predicted octanol–water partition coefficient (Wildman–Crippen LogP) is 23.2. The Balaban J connectivity index is 0.827. The van der Waals surface area contributed by atoms with E-state index in [1.807, 2.05) is 0 Å². The van der Waals surface area contributed by atoms with Crippen molar-refractivity contribution < 1.29 is 0 Å². The second-order valence-corrected chi connectivity index (χ2v) is 24.5. The van der Waals surface area contributed by atoms with E-state index in [0.717, 1.165) is 0 Å². The summed E-state index contributed by atoms with van der Waals surface area (Å²) >= 11 is 0. The predicted molar refractivity (Wildman–Crippen MR) is 361 cm³/mol. The lowest BCUT2D eigenvalue weighted by Crippen LogP contribution is -1.94. The molecule has 14 aromatic carbocycles. The summed E-state index contributed by atoms with van der Waals surface area (Å²) in [4.78, 5) is 0. The van der Waals surface area contributed by atoms with Crippen LogP contribution in [0.2, 0.25) is 0 Å². The molecule has 0 amide bonds. The van der Waals surface area contributed by atoms with Crippen LogP contribution in [0.25, 0.3) is 175 Å². The molecule has 0 bridgehead atoms. The topological polar surface area (TPSA) is 8.82 Å². The molecule has 0 unspecified atom stereocenters. The molecule has 394 valence electrons. The van der Waals surface area contributed by atoms with Gasteiger partial charge in [-0.15, -0.1) is 0 Å². The number of fused-ring (bicyclic) bond motifs is 16. The van der Waals surface area contributed by atoms with Gasteiger partial charge in [0.25, 0.3) is 0 Å². The van der Waals surface area contributed by atoms with Crippen LogP contribution in [-0.4, -0.2) is 8.80 Å². The summed E-state index contributed by atoms with van der Waals surface area (Å²) < 4.78 is 5.11. The third-order valence-corrected chi connectivity index (χ3v) is 18.9. The molecule has 4 heterocycles. The Morgan fingerprint density at radius 3 is 1.04 bits per heavy atom. The molecule has 0 fully saturated rings. The molecule has 0 aliphatic heterocycles. The zero-order valence-electron chi connectivity index (χ0n) is 47.3. The van der Waals surface area contributed by atoms with Crippen LogP contribution in [0.1, 0.15) is 50.7 Å². The van der Waals surface area contributed by atoms with E-state index in [4.69, 9.17) is 0 Å². The Morgan fingerprint density at radius 1 is 0.226 bits per heavy atom. The molecule has 84 heavy (non-hydrogen) atoms. The van der Waals surface area contributed by atoms with Crippen LogP contribution in [0.3, 0.4) is 0 Å². The van der Waals surface area contributed by atoms with Crippen LogP contribution in [-0.2, 0) is 0 Å². The number of aromatic nitrogens is 2. The highest BCUT2D eigenvalue weighted by Crippen LogP contribution is 2.48. The fourth-order valence-electron chi connectivity index (χ4n) is 14.7. The molecule has 18 aromatic rings. The number of nitrogens with zero attached hydrogens (tertiary/aromatic N) is 2. The number of hydrogen-bond acceptors (Lipinski definition) is 0. The van der Waals surface area contributed by atoms with Crippen molar-refractivity contribution in [1.82, 2.24) is 8.80 Å². The Morgan fingerprint density at radius 2 is 0.583 bits per heavy atom. The molecule has 0 atom stereocenters. The Hall–Kier alpha value is -10.3. The number of rotatable bonds is 7. The van der Waals surface area contributed by atoms with E-state index >= 15 is 0 Å². The van der Waals surface area contributed by atoms with Gasteiger partial charge in [-0.1, -0.05) is 185 Å². The van der Waals surface area contributed by atoms with Gasteiger partial charge in [-0.05, 0) is 219 Å². The molecule has 0 saturated carbocycles. The first-order valence-corrected chi connectivity index (χ1v) is 29.8. The van der Waals surface area contributed by atoms with Crippen molar-refractivity contribution >= 4 is 119 Å². The Labute approximate surface area is 486 Å².